The highest BCUT2D eigenvalue weighted by Crippen LogP contribution is 2.15. The van der Waals surface area contributed by atoms with E-state index in [4.69, 9.17) is 0 Å². The van der Waals surface area contributed by atoms with Crippen LogP contribution in [0.2, 0.25) is 0 Å². The molecule has 0 spiro atoms. The molecule has 3 heterocycles. The summed E-state index contributed by atoms with van der Waals surface area (Å²) in [5, 5.41) is 8.00. The second-order valence-corrected chi connectivity index (χ2v) is 4.31. The predicted molar refractivity (Wildman–Crippen MR) is 62.4 cm³/mol. The van der Waals surface area contributed by atoms with E-state index in [0.29, 0.717) is 0 Å². The molecule has 0 aliphatic carbocycles. The summed E-state index contributed by atoms with van der Waals surface area (Å²) in [7, 11) is 0. The fraction of sp³-hybridized carbons (Fsp3) is 0.500. The molecule has 2 aromatic heterocycles. The van der Waals surface area contributed by atoms with Crippen molar-refractivity contribution in [3.8, 4) is 0 Å². The van der Waals surface area contributed by atoms with Crippen molar-refractivity contribution < 1.29 is 0 Å². The van der Waals surface area contributed by atoms with Crippen LogP contribution in [0.25, 0.3) is 5.65 Å². The van der Waals surface area contributed by atoms with Crippen LogP contribution in [0.3, 0.4) is 0 Å². The number of rotatable bonds is 2. The Kier molecular flexibility index (Phi) is 2.36. The first-order valence-corrected chi connectivity index (χ1v) is 5.94. The minimum Gasteiger partial charge on any atom is -0.312 e. The standard InChI is InChI=1S/C12H16N4/c1-2-3-10-6-12-14-8-9-7-13-5-4-11(9)16(12)15-10/h6,8,13H,2-5,7H2,1H3. The van der Waals surface area contributed by atoms with Gasteiger partial charge in [-0.05, 0) is 6.42 Å². The van der Waals surface area contributed by atoms with Crippen LogP contribution in [0.5, 0.6) is 0 Å². The molecule has 0 atom stereocenters. The Labute approximate surface area is 94.7 Å². The van der Waals surface area contributed by atoms with Crippen molar-refractivity contribution in [2.75, 3.05) is 6.54 Å². The maximum atomic E-state index is 4.64. The van der Waals surface area contributed by atoms with Gasteiger partial charge in [-0.1, -0.05) is 13.3 Å². The summed E-state index contributed by atoms with van der Waals surface area (Å²) in [5.74, 6) is 0. The number of nitrogens with zero attached hydrogens (tertiary/aromatic N) is 3. The van der Waals surface area contributed by atoms with Gasteiger partial charge in [0.15, 0.2) is 5.65 Å². The Morgan fingerprint density at radius 3 is 3.31 bits per heavy atom. The number of hydrogen-bond acceptors (Lipinski definition) is 3. The molecule has 0 radical (unpaired) electrons. The summed E-state index contributed by atoms with van der Waals surface area (Å²) >= 11 is 0. The Morgan fingerprint density at radius 2 is 2.44 bits per heavy atom. The summed E-state index contributed by atoms with van der Waals surface area (Å²) in [6.07, 6.45) is 5.19. The minimum absolute atomic E-state index is 0.918. The van der Waals surface area contributed by atoms with Crippen LogP contribution in [0.15, 0.2) is 12.3 Å². The van der Waals surface area contributed by atoms with Gasteiger partial charge in [-0.15, -0.1) is 0 Å². The van der Waals surface area contributed by atoms with E-state index in [1.165, 1.54) is 11.3 Å². The van der Waals surface area contributed by atoms with Crippen LogP contribution in [0.4, 0.5) is 0 Å². The zero-order valence-electron chi connectivity index (χ0n) is 9.53. The van der Waals surface area contributed by atoms with Crippen molar-refractivity contribution in [2.45, 2.75) is 32.7 Å². The molecular weight excluding hydrogens is 200 g/mol. The normalized spacial score (nSPS) is 15.3. The maximum absolute atomic E-state index is 4.64. The first kappa shape index (κ1) is 9.78. The average molecular weight is 216 g/mol. The Balaban J connectivity index is 2.15. The van der Waals surface area contributed by atoms with Crippen LogP contribution in [0.1, 0.15) is 30.3 Å². The Morgan fingerprint density at radius 1 is 1.50 bits per heavy atom. The van der Waals surface area contributed by atoms with E-state index in [0.717, 1.165) is 43.7 Å². The van der Waals surface area contributed by atoms with Gasteiger partial charge in [0.25, 0.3) is 0 Å². The van der Waals surface area contributed by atoms with Gasteiger partial charge < -0.3 is 5.32 Å². The minimum atomic E-state index is 0.918. The van der Waals surface area contributed by atoms with Crippen molar-refractivity contribution in [1.82, 2.24) is 19.9 Å². The zero-order chi connectivity index (χ0) is 11.0. The van der Waals surface area contributed by atoms with Crippen molar-refractivity contribution in [3.63, 3.8) is 0 Å². The van der Waals surface area contributed by atoms with Crippen molar-refractivity contribution in [3.05, 3.63) is 29.2 Å². The van der Waals surface area contributed by atoms with E-state index in [1.54, 1.807) is 0 Å². The van der Waals surface area contributed by atoms with E-state index in [9.17, 15) is 0 Å². The third kappa shape index (κ3) is 1.50. The molecule has 3 rings (SSSR count). The molecule has 1 aliphatic heterocycles. The highest BCUT2D eigenvalue weighted by atomic mass is 15.3. The molecule has 84 valence electrons. The van der Waals surface area contributed by atoms with Crippen molar-refractivity contribution in [2.24, 2.45) is 0 Å². The average Bonchev–Trinajstić information content (AvgIpc) is 2.72. The van der Waals surface area contributed by atoms with Gasteiger partial charge in [0.1, 0.15) is 0 Å². The molecular formula is C12H16N4. The number of aryl methyl sites for hydroxylation is 1. The number of aromatic nitrogens is 3. The van der Waals surface area contributed by atoms with Crippen LogP contribution < -0.4 is 5.32 Å². The molecule has 1 N–H and O–H groups in total. The largest absolute Gasteiger partial charge is 0.312 e. The third-order valence-electron chi connectivity index (χ3n) is 3.08. The lowest BCUT2D eigenvalue weighted by Crippen LogP contribution is -2.26. The summed E-state index contributed by atoms with van der Waals surface area (Å²) in [6.45, 7) is 4.13. The molecule has 0 fully saturated rings. The van der Waals surface area contributed by atoms with Gasteiger partial charge in [0.2, 0.25) is 0 Å². The zero-order valence-corrected chi connectivity index (χ0v) is 9.53. The number of fused-ring (bicyclic) bond motifs is 3. The lowest BCUT2D eigenvalue weighted by molar-refractivity contribution is 0.608. The van der Waals surface area contributed by atoms with Gasteiger partial charge in [-0.25, -0.2) is 9.50 Å². The summed E-state index contributed by atoms with van der Waals surface area (Å²) in [4.78, 5) is 4.46. The Bertz CT molecular complexity index is 515. The Hall–Kier alpha value is -1.42. The third-order valence-corrected chi connectivity index (χ3v) is 3.08. The SMILES string of the molecule is CCCc1cc2ncc3c(n2n1)CCNC3. The highest BCUT2D eigenvalue weighted by Gasteiger charge is 2.14. The first-order valence-electron chi connectivity index (χ1n) is 5.94. The molecule has 0 saturated heterocycles. The summed E-state index contributed by atoms with van der Waals surface area (Å²) < 4.78 is 2.03. The maximum Gasteiger partial charge on any atom is 0.155 e. The molecule has 0 aromatic carbocycles. The molecule has 0 bridgehead atoms. The number of hydrogen-bond donors (Lipinski definition) is 1. The molecule has 2 aromatic rings. The van der Waals surface area contributed by atoms with E-state index in [-0.39, 0.29) is 0 Å². The van der Waals surface area contributed by atoms with Crippen molar-refractivity contribution in [1.29, 1.82) is 0 Å². The van der Waals surface area contributed by atoms with E-state index in [1.807, 2.05) is 10.7 Å². The molecule has 1 aliphatic rings. The van der Waals surface area contributed by atoms with Gasteiger partial charge in [-0.3, -0.25) is 0 Å². The van der Waals surface area contributed by atoms with Gasteiger partial charge in [0.05, 0.1) is 11.4 Å². The smallest absolute Gasteiger partial charge is 0.155 e. The second-order valence-electron chi connectivity index (χ2n) is 4.31. The molecule has 4 heteroatoms. The molecule has 0 saturated carbocycles. The van der Waals surface area contributed by atoms with Gasteiger partial charge in [0, 0.05) is 37.3 Å². The lowest BCUT2D eigenvalue weighted by atomic mass is 10.1. The first-order chi connectivity index (χ1) is 7.88. The van der Waals surface area contributed by atoms with Crippen molar-refractivity contribution >= 4 is 5.65 Å². The quantitative estimate of drug-likeness (QED) is 0.823. The summed E-state index contributed by atoms with van der Waals surface area (Å²) in [5.41, 5.74) is 4.75. The summed E-state index contributed by atoms with van der Waals surface area (Å²) in [6, 6.07) is 2.10. The highest BCUT2D eigenvalue weighted by molar-refractivity contribution is 5.42. The number of nitrogens with one attached hydrogen (secondary N) is 1. The monoisotopic (exact) mass is 216 g/mol. The van der Waals surface area contributed by atoms with Gasteiger partial charge >= 0.3 is 0 Å². The van der Waals surface area contributed by atoms with Crippen LogP contribution in [0, 0.1) is 0 Å². The second kappa shape index (κ2) is 3.87. The van der Waals surface area contributed by atoms with Gasteiger partial charge in [-0.2, -0.15) is 5.10 Å². The van der Waals surface area contributed by atoms with E-state index >= 15 is 0 Å². The topological polar surface area (TPSA) is 42.2 Å². The molecule has 0 amide bonds. The van der Waals surface area contributed by atoms with E-state index in [2.05, 4.69) is 28.4 Å². The molecule has 4 nitrogen and oxygen atoms in total. The molecule has 0 unspecified atom stereocenters. The van der Waals surface area contributed by atoms with Crippen LogP contribution in [-0.4, -0.2) is 21.1 Å². The predicted octanol–water partition coefficient (Wildman–Crippen LogP) is 1.33. The lowest BCUT2D eigenvalue weighted by Gasteiger charge is -2.16. The van der Waals surface area contributed by atoms with Crippen LogP contribution >= 0.6 is 0 Å². The molecule has 16 heavy (non-hydrogen) atoms. The van der Waals surface area contributed by atoms with E-state index < -0.39 is 0 Å². The van der Waals surface area contributed by atoms with Crippen LogP contribution in [-0.2, 0) is 19.4 Å². The fourth-order valence-electron chi connectivity index (χ4n) is 2.29. The fourth-order valence-corrected chi connectivity index (χ4v) is 2.29.